The minimum atomic E-state index is -0.237. The van der Waals surface area contributed by atoms with Crippen molar-refractivity contribution < 1.29 is 14.3 Å². The normalized spacial score (nSPS) is 10.2. The molecule has 0 saturated carbocycles. The second kappa shape index (κ2) is 7.71. The Morgan fingerprint density at radius 1 is 1.33 bits per heavy atom. The smallest absolute Gasteiger partial charge is 0.319 e. The van der Waals surface area contributed by atoms with Gasteiger partial charge in [-0.3, -0.25) is 4.79 Å². The van der Waals surface area contributed by atoms with E-state index in [-0.39, 0.29) is 12.5 Å². The van der Waals surface area contributed by atoms with Gasteiger partial charge in [0.05, 0.1) is 20.8 Å². The molecule has 1 N–H and O–H groups in total. The Morgan fingerprint density at radius 2 is 2.11 bits per heavy atom. The number of aryl methyl sites for hydroxylation is 1. The van der Waals surface area contributed by atoms with Crippen LogP contribution in [0, 0.1) is 0 Å². The molecule has 1 aromatic carbocycles. The van der Waals surface area contributed by atoms with E-state index in [4.69, 9.17) is 4.74 Å². The van der Waals surface area contributed by atoms with Gasteiger partial charge in [-0.2, -0.15) is 0 Å². The van der Waals surface area contributed by atoms with Gasteiger partial charge in [0.25, 0.3) is 0 Å². The predicted octanol–water partition coefficient (Wildman–Crippen LogP) is 1.56. The highest BCUT2D eigenvalue weighted by Gasteiger charge is 2.03. The summed E-state index contributed by atoms with van der Waals surface area (Å²) in [5.74, 6) is 0.697. The van der Waals surface area contributed by atoms with Crippen molar-refractivity contribution in [2.75, 3.05) is 27.3 Å². The van der Waals surface area contributed by atoms with Crippen molar-refractivity contribution >= 4 is 5.97 Å². The van der Waals surface area contributed by atoms with E-state index in [0.29, 0.717) is 0 Å². The van der Waals surface area contributed by atoms with Gasteiger partial charge in [-0.25, -0.2) is 0 Å². The molecule has 0 aliphatic heterocycles. The standard InChI is InChI=1S/C14H21NO3/c1-4-12-9-11(5-6-13(12)17-2)7-8-15-10-14(16)18-3/h5-6,9,15H,4,7-8,10H2,1-3H3. The van der Waals surface area contributed by atoms with Crippen LogP contribution in [0.5, 0.6) is 5.75 Å². The molecule has 18 heavy (non-hydrogen) atoms. The molecule has 100 valence electrons. The molecule has 0 fully saturated rings. The number of hydrogen-bond acceptors (Lipinski definition) is 4. The zero-order valence-corrected chi connectivity index (χ0v) is 11.3. The van der Waals surface area contributed by atoms with Crippen LogP contribution in [0.4, 0.5) is 0 Å². The molecular formula is C14H21NO3. The van der Waals surface area contributed by atoms with E-state index in [2.05, 4.69) is 29.1 Å². The van der Waals surface area contributed by atoms with Gasteiger partial charge in [-0.05, 0) is 36.6 Å². The summed E-state index contributed by atoms with van der Waals surface area (Å²) in [4.78, 5) is 10.9. The summed E-state index contributed by atoms with van der Waals surface area (Å²) in [6.07, 6.45) is 1.83. The fourth-order valence-corrected chi connectivity index (χ4v) is 1.76. The number of methoxy groups -OCH3 is 2. The Labute approximate surface area is 108 Å². The van der Waals surface area contributed by atoms with Crippen molar-refractivity contribution in [1.82, 2.24) is 5.32 Å². The third kappa shape index (κ3) is 4.37. The quantitative estimate of drug-likeness (QED) is 0.590. The Hall–Kier alpha value is -1.55. The predicted molar refractivity (Wildman–Crippen MR) is 71.0 cm³/mol. The van der Waals surface area contributed by atoms with Gasteiger partial charge in [0.2, 0.25) is 0 Å². The summed E-state index contributed by atoms with van der Waals surface area (Å²) in [7, 11) is 3.08. The third-order valence-electron chi connectivity index (χ3n) is 2.81. The summed E-state index contributed by atoms with van der Waals surface area (Å²) in [6, 6.07) is 6.20. The lowest BCUT2D eigenvalue weighted by Crippen LogP contribution is -2.25. The highest BCUT2D eigenvalue weighted by atomic mass is 16.5. The van der Waals surface area contributed by atoms with Crippen LogP contribution in [0.2, 0.25) is 0 Å². The van der Waals surface area contributed by atoms with Crippen molar-refractivity contribution in [2.24, 2.45) is 0 Å². The van der Waals surface area contributed by atoms with Crippen LogP contribution >= 0.6 is 0 Å². The molecule has 1 aromatic rings. The van der Waals surface area contributed by atoms with Crippen molar-refractivity contribution in [3.8, 4) is 5.75 Å². The van der Waals surface area contributed by atoms with E-state index in [1.54, 1.807) is 7.11 Å². The number of hydrogen-bond donors (Lipinski definition) is 1. The van der Waals surface area contributed by atoms with E-state index in [1.807, 2.05) is 6.07 Å². The highest BCUT2D eigenvalue weighted by Crippen LogP contribution is 2.20. The maximum atomic E-state index is 10.9. The summed E-state index contributed by atoms with van der Waals surface area (Å²) in [5, 5.41) is 3.04. The van der Waals surface area contributed by atoms with Crippen molar-refractivity contribution in [1.29, 1.82) is 0 Å². The molecule has 0 bridgehead atoms. The van der Waals surface area contributed by atoms with Gasteiger partial charge in [0.1, 0.15) is 5.75 Å². The lowest BCUT2D eigenvalue weighted by Gasteiger charge is -2.09. The second-order valence-electron chi connectivity index (χ2n) is 4.00. The summed E-state index contributed by atoms with van der Waals surface area (Å²) in [6.45, 7) is 3.12. The number of benzene rings is 1. The molecule has 0 radical (unpaired) electrons. The monoisotopic (exact) mass is 251 g/mol. The van der Waals surface area contributed by atoms with Gasteiger partial charge in [-0.1, -0.05) is 19.1 Å². The zero-order chi connectivity index (χ0) is 13.4. The Balaban J connectivity index is 2.45. The van der Waals surface area contributed by atoms with Gasteiger partial charge in [-0.15, -0.1) is 0 Å². The molecule has 0 aromatic heterocycles. The van der Waals surface area contributed by atoms with E-state index < -0.39 is 0 Å². The van der Waals surface area contributed by atoms with Gasteiger partial charge in [0.15, 0.2) is 0 Å². The molecule has 4 nitrogen and oxygen atoms in total. The molecule has 4 heteroatoms. The zero-order valence-electron chi connectivity index (χ0n) is 11.3. The second-order valence-corrected chi connectivity index (χ2v) is 4.00. The van der Waals surface area contributed by atoms with Crippen LogP contribution in [0.15, 0.2) is 18.2 Å². The minimum absolute atomic E-state index is 0.237. The molecule has 0 spiro atoms. The minimum Gasteiger partial charge on any atom is -0.496 e. The third-order valence-corrected chi connectivity index (χ3v) is 2.81. The molecule has 1 rings (SSSR count). The van der Waals surface area contributed by atoms with Gasteiger partial charge >= 0.3 is 5.97 Å². The number of ether oxygens (including phenoxy) is 2. The number of rotatable bonds is 7. The number of esters is 1. The lowest BCUT2D eigenvalue weighted by atomic mass is 10.1. The Morgan fingerprint density at radius 3 is 2.72 bits per heavy atom. The first-order valence-corrected chi connectivity index (χ1v) is 6.14. The molecule has 0 aliphatic rings. The first kappa shape index (κ1) is 14.5. The van der Waals surface area contributed by atoms with Gasteiger partial charge in [0, 0.05) is 0 Å². The van der Waals surface area contributed by atoms with Crippen LogP contribution in [0.3, 0.4) is 0 Å². The molecule has 0 unspecified atom stereocenters. The van der Waals surface area contributed by atoms with Crippen LogP contribution < -0.4 is 10.1 Å². The average Bonchev–Trinajstić information content (AvgIpc) is 2.42. The molecule has 0 atom stereocenters. The molecule has 0 amide bonds. The van der Waals surface area contributed by atoms with E-state index in [0.717, 1.165) is 25.1 Å². The van der Waals surface area contributed by atoms with E-state index >= 15 is 0 Å². The topological polar surface area (TPSA) is 47.6 Å². The first-order valence-electron chi connectivity index (χ1n) is 6.14. The van der Waals surface area contributed by atoms with Crippen molar-refractivity contribution in [3.63, 3.8) is 0 Å². The number of carbonyl (C=O) groups is 1. The molecular weight excluding hydrogens is 230 g/mol. The summed E-state index contributed by atoms with van der Waals surface area (Å²) in [5.41, 5.74) is 2.45. The number of nitrogens with one attached hydrogen (secondary N) is 1. The highest BCUT2D eigenvalue weighted by molar-refractivity contribution is 5.71. The fourth-order valence-electron chi connectivity index (χ4n) is 1.76. The van der Waals surface area contributed by atoms with Crippen LogP contribution in [-0.2, 0) is 22.4 Å². The molecule has 0 aliphatic carbocycles. The Kier molecular flexibility index (Phi) is 6.22. The van der Waals surface area contributed by atoms with Crippen molar-refractivity contribution in [2.45, 2.75) is 19.8 Å². The molecule has 0 heterocycles. The average molecular weight is 251 g/mol. The van der Waals surface area contributed by atoms with Crippen molar-refractivity contribution in [3.05, 3.63) is 29.3 Å². The first-order chi connectivity index (χ1) is 8.71. The van der Waals surface area contributed by atoms with E-state index in [1.165, 1.54) is 18.2 Å². The summed E-state index contributed by atoms with van der Waals surface area (Å²) >= 11 is 0. The SMILES string of the molecule is CCc1cc(CCNCC(=O)OC)ccc1OC. The molecule has 0 saturated heterocycles. The van der Waals surface area contributed by atoms with Crippen LogP contribution in [-0.4, -0.2) is 33.3 Å². The van der Waals surface area contributed by atoms with Crippen LogP contribution in [0.1, 0.15) is 18.1 Å². The number of carbonyl (C=O) groups excluding carboxylic acids is 1. The maximum absolute atomic E-state index is 10.9. The van der Waals surface area contributed by atoms with Crippen LogP contribution in [0.25, 0.3) is 0 Å². The van der Waals surface area contributed by atoms with E-state index in [9.17, 15) is 4.79 Å². The Bertz CT molecular complexity index is 391. The largest absolute Gasteiger partial charge is 0.496 e. The fraction of sp³-hybridized carbons (Fsp3) is 0.500. The van der Waals surface area contributed by atoms with Gasteiger partial charge < -0.3 is 14.8 Å². The summed E-state index contributed by atoms with van der Waals surface area (Å²) < 4.78 is 9.84. The maximum Gasteiger partial charge on any atom is 0.319 e. The lowest BCUT2D eigenvalue weighted by molar-refractivity contribution is -0.139.